The number of aliphatic hydroxyl groups excluding tert-OH is 1. The molecule has 5 heterocycles. The topological polar surface area (TPSA) is 170 Å². The molecule has 3 unspecified atom stereocenters. The maximum absolute atomic E-state index is 14.4. The Balaban J connectivity index is 1.01. The van der Waals surface area contributed by atoms with Crippen LogP contribution >= 0.6 is 0 Å². The second-order valence-electron chi connectivity index (χ2n) is 18.5. The summed E-state index contributed by atoms with van der Waals surface area (Å²) in [6.07, 6.45) is 5.13. The first-order chi connectivity index (χ1) is 32.8. The van der Waals surface area contributed by atoms with Gasteiger partial charge in [0.05, 0.1) is 47.0 Å². The van der Waals surface area contributed by atoms with Crippen molar-refractivity contribution in [3.8, 4) is 0 Å². The van der Waals surface area contributed by atoms with Gasteiger partial charge in [0.25, 0.3) is 22.9 Å². The van der Waals surface area contributed by atoms with Crippen molar-refractivity contribution in [1.82, 2.24) is 33.8 Å². The number of benzene rings is 2. The quantitative estimate of drug-likeness (QED) is 0.0901. The van der Waals surface area contributed by atoms with E-state index < -0.39 is 18.1 Å². The standard InChI is InChI=1S/C54H65N7O7/c1-7-36-30-43-47(54(68)60(36)31-44(62)33-18-12-11-13-19-33)39(10-4)49(58(43)6)52(66)56-41-23-17-22-40(50(41)64)34-20-16-21-35(28-34)45(63)32-61-37(8-2)29-42-46(53(61)67)38(9-3)48(57(42)5)51(65)55-24-27-59-25-14-15-26-59/h11-13,16,18-21,28-30,40-41,50,64H,7-10,14-15,17,22-27,31-32H2,1-6H3,(H,55,65)(H,56,66). The van der Waals surface area contributed by atoms with Crippen molar-refractivity contribution >= 4 is 45.2 Å². The first-order valence-electron chi connectivity index (χ1n) is 24.5. The Morgan fingerprint density at radius 3 is 1.75 bits per heavy atom. The van der Waals surface area contributed by atoms with Gasteiger partial charge in [-0.1, -0.05) is 82.6 Å². The van der Waals surface area contributed by atoms with Gasteiger partial charge in [-0.05, 0) is 99.3 Å². The molecule has 1 saturated carbocycles. The van der Waals surface area contributed by atoms with Crippen LogP contribution in [0.5, 0.6) is 0 Å². The van der Waals surface area contributed by atoms with Gasteiger partial charge < -0.3 is 38.9 Å². The van der Waals surface area contributed by atoms with E-state index in [0.29, 0.717) is 118 Å². The van der Waals surface area contributed by atoms with E-state index in [9.17, 15) is 33.9 Å². The normalized spacial score (nSPS) is 17.5. The lowest BCUT2D eigenvalue weighted by molar-refractivity contribution is 0.0595. The Labute approximate surface area is 396 Å². The van der Waals surface area contributed by atoms with Crippen molar-refractivity contribution in [2.24, 2.45) is 14.1 Å². The van der Waals surface area contributed by atoms with Crippen LogP contribution in [0, 0.1) is 0 Å². The van der Waals surface area contributed by atoms with Gasteiger partial charge in [-0.2, -0.15) is 0 Å². The highest BCUT2D eigenvalue weighted by Gasteiger charge is 2.36. The third-order valence-corrected chi connectivity index (χ3v) is 14.6. The summed E-state index contributed by atoms with van der Waals surface area (Å²) in [7, 11) is 3.58. The molecule has 68 heavy (non-hydrogen) atoms. The third-order valence-electron chi connectivity index (χ3n) is 14.6. The Morgan fingerprint density at radius 1 is 0.647 bits per heavy atom. The lowest BCUT2D eigenvalue weighted by Gasteiger charge is -2.35. The van der Waals surface area contributed by atoms with E-state index in [1.807, 2.05) is 63.6 Å². The van der Waals surface area contributed by atoms with Gasteiger partial charge in [-0.15, -0.1) is 0 Å². The summed E-state index contributed by atoms with van der Waals surface area (Å²) < 4.78 is 6.61. The number of hydrogen-bond acceptors (Lipinski definition) is 8. The number of aryl methyl sites for hydroxylation is 6. The Morgan fingerprint density at radius 2 is 1.19 bits per heavy atom. The number of carbonyl (C=O) groups excluding carboxylic acids is 4. The van der Waals surface area contributed by atoms with Crippen LogP contribution in [0.4, 0.5) is 0 Å². The molecule has 14 nitrogen and oxygen atoms in total. The SMILES string of the molecule is CCc1c(C(=O)NCCN2CCCC2)n(C)c2cc(CC)n(CC(=O)c3cccc(C4CCCC(NC(=O)c5c(CC)c6c(=O)n(CC(=O)c7ccccc7)c(CC)cc6n5C)C4O)c3)c(=O)c12. The molecular formula is C54H65N7O7. The number of nitrogens with zero attached hydrogens (tertiary/aromatic N) is 5. The van der Waals surface area contributed by atoms with Crippen LogP contribution < -0.4 is 21.8 Å². The molecule has 3 N–H and O–H groups in total. The highest BCUT2D eigenvalue weighted by molar-refractivity contribution is 6.03. The van der Waals surface area contributed by atoms with Crippen molar-refractivity contribution < 1.29 is 24.3 Å². The molecule has 1 aliphatic carbocycles. The maximum Gasteiger partial charge on any atom is 0.268 e. The molecule has 0 bridgehead atoms. The lowest BCUT2D eigenvalue weighted by atomic mass is 9.78. The molecule has 1 aliphatic heterocycles. The second-order valence-corrected chi connectivity index (χ2v) is 18.5. The Hall–Kier alpha value is -6.38. The zero-order valence-electron chi connectivity index (χ0n) is 40.3. The van der Waals surface area contributed by atoms with E-state index in [-0.39, 0.29) is 47.6 Å². The van der Waals surface area contributed by atoms with Gasteiger partial charge in [0.15, 0.2) is 11.6 Å². The number of amides is 2. The zero-order valence-corrected chi connectivity index (χ0v) is 40.3. The van der Waals surface area contributed by atoms with Gasteiger partial charge in [-0.25, -0.2) is 0 Å². The van der Waals surface area contributed by atoms with Crippen molar-refractivity contribution in [3.63, 3.8) is 0 Å². The fraction of sp³-hybridized carbons (Fsp3) is 0.444. The minimum atomic E-state index is -0.973. The lowest BCUT2D eigenvalue weighted by Crippen LogP contribution is -2.48. The van der Waals surface area contributed by atoms with E-state index in [4.69, 9.17) is 0 Å². The molecule has 4 aromatic heterocycles. The Kier molecular flexibility index (Phi) is 14.5. The molecule has 2 fully saturated rings. The van der Waals surface area contributed by atoms with Gasteiger partial charge in [-0.3, -0.25) is 28.8 Å². The fourth-order valence-electron chi connectivity index (χ4n) is 10.9. The maximum atomic E-state index is 14.4. The predicted octanol–water partition coefficient (Wildman–Crippen LogP) is 6.26. The number of nitrogens with one attached hydrogen (secondary N) is 2. The number of carbonyl (C=O) groups is 4. The van der Waals surface area contributed by atoms with Crippen LogP contribution in [0.25, 0.3) is 21.8 Å². The summed E-state index contributed by atoms with van der Waals surface area (Å²) >= 11 is 0. The number of rotatable bonds is 17. The molecule has 8 rings (SSSR count). The Bertz CT molecular complexity index is 3020. The van der Waals surface area contributed by atoms with Crippen LogP contribution in [0.3, 0.4) is 0 Å². The molecular weight excluding hydrogens is 859 g/mol. The highest BCUT2D eigenvalue weighted by Crippen LogP contribution is 2.35. The van der Waals surface area contributed by atoms with Gasteiger partial charge in [0.1, 0.15) is 11.4 Å². The largest absolute Gasteiger partial charge is 0.390 e. The minimum absolute atomic E-state index is 0.118. The molecule has 6 aromatic rings. The molecule has 0 radical (unpaired) electrons. The van der Waals surface area contributed by atoms with Crippen LogP contribution in [0.1, 0.15) is 135 Å². The zero-order chi connectivity index (χ0) is 48.4. The number of Topliss-reactive ketones (excluding diaryl/α,β-unsaturated/α-hetero) is 2. The van der Waals surface area contributed by atoms with Gasteiger partial charge in [0.2, 0.25) is 0 Å². The average molecular weight is 924 g/mol. The van der Waals surface area contributed by atoms with Crippen molar-refractivity contribution in [2.45, 2.75) is 117 Å². The molecule has 358 valence electrons. The molecule has 1 saturated heterocycles. The summed E-state index contributed by atoms with van der Waals surface area (Å²) in [6, 6.07) is 19.3. The van der Waals surface area contributed by atoms with Gasteiger partial charge in [0, 0.05) is 55.6 Å². The average Bonchev–Trinajstić information content (AvgIpc) is 4.05. The van der Waals surface area contributed by atoms with Crippen LogP contribution in [0.2, 0.25) is 0 Å². The van der Waals surface area contributed by atoms with Crippen molar-refractivity contribution in [2.75, 3.05) is 26.2 Å². The van der Waals surface area contributed by atoms with Crippen molar-refractivity contribution in [1.29, 1.82) is 0 Å². The van der Waals surface area contributed by atoms with E-state index in [0.717, 1.165) is 25.2 Å². The van der Waals surface area contributed by atoms with Crippen LogP contribution in [-0.4, -0.2) is 90.0 Å². The summed E-state index contributed by atoms with van der Waals surface area (Å²) in [6.45, 7) is 10.8. The molecule has 0 spiro atoms. The number of aliphatic hydroxyl groups is 1. The first kappa shape index (κ1) is 48.1. The summed E-state index contributed by atoms with van der Waals surface area (Å²) in [5.41, 5.74) is 5.75. The van der Waals surface area contributed by atoms with E-state index in [1.165, 1.54) is 22.0 Å². The number of fused-ring (bicyclic) bond motifs is 2. The van der Waals surface area contributed by atoms with Crippen LogP contribution in [0.15, 0.2) is 76.3 Å². The monoisotopic (exact) mass is 923 g/mol. The van der Waals surface area contributed by atoms with Crippen molar-refractivity contribution in [3.05, 3.63) is 138 Å². The van der Waals surface area contributed by atoms with Crippen LogP contribution in [-0.2, 0) is 52.9 Å². The highest BCUT2D eigenvalue weighted by atomic mass is 16.3. The summed E-state index contributed by atoms with van der Waals surface area (Å²) in [5, 5.41) is 19.0. The fourth-order valence-corrected chi connectivity index (χ4v) is 10.9. The minimum Gasteiger partial charge on any atom is -0.390 e. The van der Waals surface area contributed by atoms with E-state index in [1.54, 1.807) is 54.1 Å². The first-order valence-corrected chi connectivity index (χ1v) is 24.5. The number of hydrogen-bond donors (Lipinski definition) is 3. The van der Waals surface area contributed by atoms with E-state index >= 15 is 0 Å². The van der Waals surface area contributed by atoms with Gasteiger partial charge >= 0.3 is 0 Å². The number of likely N-dealkylation sites (tertiary alicyclic amines) is 1. The number of ketones is 2. The smallest absolute Gasteiger partial charge is 0.268 e. The molecule has 2 aliphatic rings. The molecule has 14 heteroatoms. The summed E-state index contributed by atoms with van der Waals surface area (Å²) in [4.78, 5) is 86.5. The number of aromatic nitrogens is 4. The number of pyridine rings is 2. The molecule has 2 amide bonds. The predicted molar refractivity (Wildman–Crippen MR) is 265 cm³/mol. The summed E-state index contributed by atoms with van der Waals surface area (Å²) in [5.74, 6) is -1.44. The molecule has 3 atom stereocenters. The van der Waals surface area contributed by atoms with E-state index in [2.05, 4.69) is 15.5 Å². The molecule has 2 aromatic carbocycles. The second kappa shape index (κ2) is 20.5. The third kappa shape index (κ3) is 9.03.